The molecule has 158 valence electrons. The second-order valence-electron chi connectivity index (χ2n) is 6.86. The van der Waals surface area contributed by atoms with Crippen molar-refractivity contribution in [2.24, 2.45) is 0 Å². The van der Waals surface area contributed by atoms with Crippen LogP contribution in [0.5, 0.6) is 0 Å². The van der Waals surface area contributed by atoms with Gasteiger partial charge in [-0.05, 0) is 36.8 Å². The number of aryl methyl sites for hydroxylation is 2. The van der Waals surface area contributed by atoms with E-state index in [-0.39, 0.29) is 34.0 Å². The lowest BCUT2D eigenvalue weighted by Crippen LogP contribution is -3.00. The van der Waals surface area contributed by atoms with E-state index in [2.05, 4.69) is 90.0 Å². The topological polar surface area (TPSA) is 7.76 Å². The molecule has 0 aromatic carbocycles. The monoisotopic (exact) mass is 640 g/mol. The minimum Gasteiger partial charge on any atom is -1.00 e. The van der Waals surface area contributed by atoms with Crippen LogP contribution in [0.15, 0.2) is 49.1 Å². The predicted molar refractivity (Wildman–Crippen MR) is 117 cm³/mol. The number of aromatic nitrogens is 2. The summed E-state index contributed by atoms with van der Waals surface area (Å²) in [6, 6.07) is 8.94. The van der Waals surface area contributed by atoms with E-state index in [4.69, 9.17) is 0 Å². The van der Waals surface area contributed by atoms with Gasteiger partial charge in [0.05, 0.1) is 0 Å². The van der Waals surface area contributed by atoms with Crippen molar-refractivity contribution in [1.82, 2.24) is 0 Å². The highest BCUT2D eigenvalue weighted by atomic mass is 79.9. The first-order chi connectivity index (χ1) is 12.8. The Kier molecular flexibility index (Phi) is 18.2. The Morgan fingerprint density at radius 2 is 0.821 bits per heavy atom. The van der Waals surface area contributed by atoms with Gasteiger partial charge in [0.25, 0.3) is 0 Å². The summed E-state index contributed by atoms with van der Waals surface area (Å²) in [5, 5.41) is 2.26. The first kappa shape index (κ1) is 28.2. The standard InChI is InChI=1S/C22H32Br2N2.2BrH/c23-13-5-1-3-7-15-25-17-9-21(10-18-25)22-11-19-26(20-12-22)16-8-4-2-6-14-24;;/h9-12,17-20H,1-8,13-16H2;2*1H/q+2;;/p-2. The van der Waals surface area contributed by atoms with E-state index in [0.29, 0.717) is 0 Å². The number of hydrogen-bond donors (Lipinski definition) is 0. The molecule has 0 aliphatic heterocycles. The lowest BCUT2D eigenvalue weighted by Gasteiger charge is -2.02. The maximum atomic E-state index is 3.49. The zero-order valence-corrected chi connectivity index (χ0v) is 22.9. The molecular formula is C22H32Br4N2. The molecule has 0 amide bonds. The van der Waals surface area contributed by atoms with Gasteiger partial charge in [-0.2, -0.15) is 0 Å². The summed E-state index contributed by atoms with van der Waals surface area (Å²) in [5.74, 6) is 0. The van der Waals surface area contributed by atoms with Crippen molar-refractivity contribution in [3.05, 3.63) is 49.1 Å². The minimum atomic E-state index is 0. The van der Waals surface area contributed by atoms with Gasteiger partial charge >= 0.3 is 0 Å². The van der Waals surface area contributed by atoms with Gasteiger partial charge in [0, 0.05) is 47.8 Å². The fourth-order valence-electron chi connectivity index (χ4n) is 3.08. The van der Waals surface area contributed by atoms with Crippen molar-refractivity contribution in [2.75, 3.05) is 10.7 Å². The SMILES string of the molecule is BrCCCCCC[n+]1ccc(-c2cc[n+](CCCCCCBr)cc2)cc1.[Br-].[Br-]. The molecule has 2 nitrogen and oxygen atoms in total. The van der Waals surface area contributed by atoms with Gasteiger partial charge in [-0.15, -0.1) is 0 Å². The van der Waals surface area contributed by atoms with Gasteiger partial charge in [-0.1, -0.05) is 44.7 Å². The molecule has 0 radical (unpaired) electrons. The van der Waals surface area contributed by atoms with Crippen molar-refractivity contribution < 1.29 is 43.1 Å². The fraction of sp³-hybridized carbons (Fsp3) is 0.545. The van der Waals surface area contributed by atoms with Gasteiger partial charge in [0.15, 0.2) is 24.8 Å². The molecule has 0 aliphatic rings. The molecule has 2 heterocycles. The summed E-state index contributed by atoms with van der Waals surface area (Å²) in [4.78, 5) is 0. The summed E-state index contributed by atoms with van der Waals surface area (Å²) in [7, 11) is 0. The molecule has 0 bridgehead atoms. The second-order valence-corrected chi connectivity index (χ2v) is 8.44. The molecule has 28 heavy (non-hydrogen) atoms. The summed E-state index contributed by atoms with van der Waals surface area (Å²) < 4.78 is 4.60. The van der Waals surface area contributed by atoms with Crippen LogP contribution < -0.4 is 43.1 Å². The number of hydrogen-bond acceptors (Lipinski definition) is 0. The third-order valence-electron chi connectivity index (χ3n) is 4.72. The van der Waals surface area contributed by atoms with Crippen LogP contribution in [0.1, 0.15) is 51.4 Å². The van der Waals surface area contributed by atoms with E-state index in [9.17, 15) is 0 Å². The van der Waals surface area contributed by atoms with Crippen LogP contribution in [-0.2, 0) is 13.1 Å². The number of nitrogens with zero attached hydrogens (tertiary/aromatic N) is 2. The number of rotatable bonds is 13. The van der Waals surface area contributed by atoms with Crippen LogP contribution >= 0.6 is 31.9 Å². The Morgan fingerprint density at radius 1 is 0.500 bits per heavy atom. The third kappa shape index (κ3) is 11.4. The van der Waals surface area contributed by atoms with Crippen LogP contribution in [-0.4, -0.2) is 10.7 Å². The molecule has 0 fully saturated rings. The average molecular weight is 644 g/mol. The molecule has 0 spiro atoms. The predicted octanol–water partition coefficient (Wildman–Crippen LogP) is -0.153. The first-order valence-corrected chi connectivity index (χ1v) is 12.2. The number of halogens is 4. The average Bonchev–Trinajstić information content (AvgIpc) is 2.69. The number of unbranched alkanes of at least 4 members (excludes halogenated alkanes) is 6. The maximum absolute atomic E-state index is 3.49. The van der Waals surface area contributed by atoms with Crippen LogP contribution in [0.25, 0.3) is 11.1 Å². The van der Waals surface area contributed by atoms with Crippen molar-refractivity contribution in [1.29, 1.82) is 0 Å². The minimum absolute atomic E-state index is 0. The van der Waals surface area contributed by atoms with Crippen LogP contribution in [0.4, 0.5) is 0 Å². The molecule has 0 unspecified atom stereocenters. The Morgan fingerprint density at radius 3 is 1.14 bits per heavy atom. The molecule has 0 aliphatic carbocycles. The molecule has 0 saturated heterocycles. The van der Waals surface area contributed by atoms with Crippen molar-refractivity contribution >= 4 is 31.9 Å². The molecule has 0 saturated carbocycles. The molecule has 0 atom stereocenters. The molecule has 0 N–H and O–H groups in total. The molecule has 2 aromatic heterocycles. The van der Waals surface area contributed by atoms with Gasteiger partial charge in [0.2, 0.25) is 0 Å². The quantitative estimate of drug-likeness (QED) is 0.163. The summed E-state index contributed by atoms with van der Waals surface area (Å²) in [5.41, 5.74) is 2.59. The second kappa shape index (κ2) is 18.0. The molecule has 2 aromatic rings. The van der Waals surface area contributed by atoms with E-state index < -0.39 is 0 Å². The summed E-state index contributed by atoms with van der Waals surface area (Å²) in [6.45, 7) is 2.23. The van der Waals surface area contributed by atoms with Crippen LogP contribution in [0.3, 0.4) is 0 Å². The van der Waals surface area contributed by atoms with Crippen molar-refractivity contribution in [3.8, 4) is 11.1 Å². The fourth-order valence-corrected chi connectivity index (χ4v) is 3.88. The van der Waals surface area contributed by atoms with E-state index in [0.717, 1.165) is 23.7 Å². The summed E-state index contributed by atoms with van der Waals surface area (Å²) in [6.07, 6.45) is 19.2. The lowest BCUT2D eigenvalue weighted by molar-refractivity contribution is -0.697. The van der Waals surface area contributed by atoms with Crippen molar-refractivity contribution in [3.63, 3.8) is 0 Å². The Bertz CT molecular complexity index is 547. The number of alkyl halides is 2. The Balaban J connectivity index is 0.00000364. The van der Waals surface area contributed by atoms with Crippen molar-refractivity contribution in [2.45, 2.75) is 64.5 Å². The maximum Gasteiger partial charge on any atom is 0.169 e. The largest absolute Gasteiger partial charge is 1.00 e. The van der Waals surface area contributed by atoms with Crippen LogP contribution in [0, 0.1) is 0 Å². The molecule has 2 rings (SSSR count). The zero-order valence-electron chi connectivity index (χ0n) is 16.5. The summed E-state index contributed by atoms with van der Waals surface area (Å²) >= 11 is 6.99. The Hall–Kier alpha value is 0.220. The van der Waals surface area contributed by atoms with Gasteiger partial charge in [-0.3, -0.25) is 0 Å². The third-order valence-corrected chi connectivity index (χ3v) is 5.84. The highest BCUT2D eigenvalue weighted by Gasteiger charge is 2.06. The van der Waals surface area contributed by atoms with Gasteiger partial charge in [-0.25, -0.2) is 9.13 Å². The molecular weight excluding hydrogens is 612 g/mol. The van der Waals surface area contributed by atoms with Gasteiger partial charge in [0.1, 0.15) is 13.1 Å². The lowest BCUT2D eigenvalue weighted by atomic mass is 10.1. The normalized spacial score (nSPS) is 10.2. The molecule has 6 heteroatoms. The highest BCUT2D eigenvalue weighted by molar-refractivity contribution is 9.09. The van der Waals surface area contributed by atoms with E-state index >= 15 is 0 Å². The Labute approximate surface area is 208 Å². The zero-order chi connectivity index (χ0) is 18.5. The van der Waals surface area contributed by atoms with E-state index in [1.807, 2.05) is 0 Å². The first-order valence-electron chi connectivity index (χ1n) is 9.94. The van der Waals surface area contributed by atoms with E-state index in [1.54, 1.807) is 0 Å². The van der Waals surface area contributed by atoms with Crippen LogP contribution in [0.2, 0.25) is 0 Å². The van der Waals surface area contributed by atoms with E-state index in [1.165, 1.54) is 62.5 Å². The highest BCUT2D eigenvalue weighted by Crippen LogP contribution is 2.15. The van der Waals surface area contributed by atoms with Gasteiger partial charge < -0.3 is 34.0 Å². The number of pyridine rings is 2. The smallest absolute Gasteiger partial charge is 0.169 e.